The fourth-order valence-electron chi connectivity index (χ4n) is 4.53. The first-order valence-electron chi connectivity index (χ1n) is 11.4. The molecule has 0 radical (unpaired) electrons. The first kappa shape index (κ1) is 25.5. The number of halogens is 6. The Morgan fingerprint density at radius 2 is 1.40 bits per heavy atom. The summed E-state index contributed by atoms with van der Waals surface area (Å²) in [5.74, 6) is 0. The van der Waals surface area contributed by atoms with E-state index < -0.39 is 23.5 Å². The number of nitrogens with one attached hydrogen (secondary N) is 1. The molecular weight excluding hydrogens is 472 g/mol. The Bertz CT molecular complexity index is 1110. The van der Waals surface area contributed by atoms with E-state index >= 15 is 0 Å². The molecule has 1 aliphatic heterocycles. The molecule has 0 saturated carbocycles. The first-order valence-corrected chi connectivity index (χ1v) is 11.4. The van der Waals surface area contributed by atoms with Gasteiger partial charge in [-0.15, -0.1) is 0 Å². The molecule has 10 heteroatoms. The Morgan fingerprint density at radius 1 is 0.829 bits per heavy atom. The van der Waals surface area contributed by atoms with Crippen LogP contribution in [0.1, 0.15) is 16.7 Å². The largest absolute Gasteiger partial charge is 0.416 e. The summed E-state index contributed by atoms with van der Waals surface area (Å²) < 4.78 is 85.9. The van der Waals surface area contributed by atoms with Gasteiger partial charge in [-0.2, -0.15) is 26.3 Å². The number of hydrogen-bond acceptors (Lipinski definition) is 3. The third kappa shape index (κ3) is 5.99. The highest BCUT2D eigenvalue weighted by molar-refractivity contribution is 5.91. The van der Waals surface area contributed by atoms with Crippen LogP contribution in [-0.2, 0) is 23.5 Å². The normalized spacial score (nSPS) is 16.3. The lowest BCUT2D eigenvalue weighted by Crippen LogP contribution is -2.47. The smallest absolute Gasteiger partial charge is 0.383 e. The molecule has 1 saturated heterocycles. The summed E-state index contributed by atoms with van der Waals surface area (Å²) >= 11 is 0. The van der Waals surface area contributed by atoms with Crippen molar-refractivity contribution in [3.05, 3.63) is 59.2 Å². The van der Waals surface area contributed by atoms with Crippen molar-refractivity contribution in [2.24, 2.45) is 0 Å². The van der Waals surface area contributed by atoms with Crippen LogP contribution in [0.3, 0.4) is 0 Å². The maximum absolute atomic E-state index is 13.5. The second kappa shape index (κ2) is 10.2. The van der Waals surface area contributed by atoms with Crippen molar-refractivity contribution in [2.75, 3.05) is 53.0 Å². The summed E-state index contributed by atoms with van der Waals surface area (Å²) in [7, 11) is 1.66. The summed E-state index contributed by atoms with van der Waals surface area (Å²) in [5, 5.41) is 0.798. The number of fused-ring (bicyclic) bond motifs is 1. The number of piperazine rings is 1. The van der Waals surface area contributed by atoms with Crippen LogP contribution in [0.5, 0.6) is 0 Å². The molecule has 35 heavy (non-hydrogen) atoms. The SMILES string of the molecule is COCCN1CCN(CCc2c(-c3cc(C(F)(F)F)cc(C(F)(F)F)c3)[nH]c3ccccc23)CC1. The summed E-state index contributed by atoms with van der Waals surface area (Å²) in [5.41, 5.74) is -1.08. The van der Waals surface area contributed by atoms with Gasteiger partial charge in [0.05, 0.1) is 17.7 Å². The summed E-state index contributed by atoms with van der Waals surface area (Å²) in [4.78, 5) is 7.65. The minimum absolute atomic E-state index is 0.122. The Hall–Kier alpha value is -2.56. The maximum atomic E-state index is 13.5. The third-order valence-electron chi connectivity index (χ3n) is 6.44. The van der Waals surface area contributed by atoms with Crippen LogP contribution < -0.4 is 0 Å². The Kier molecular flexibility index (Phi) is 7.44. The molecule has 0 bridgehead atoms. The molecule has 1 aliphatic rings. The quantitative estimate of drug-likeness (QED) is 0.425. The van der Waals surface area contributed by atoms with E-state index in [1.807, 2.05) is 12.1 Å². The van der Waals surface area contributed by atoms with Crippen molar-refractivity contribution in [2.45, 2.75) is 18.8 Å². The molecule has 3 aromatic rings. The van der Waals surface area contributed by atoms with Gasteiger partial charge in [0, 0.05) is 63.0 Å². The summed E-state index contributed by atoms with van der Waals surface area (Å²) in [6.07, 6.45) is -9.30. The molecule has 2 aromatic carbocycles. The molecule has 1 aromatic heterocycles. The lowest BCUT2D eigenvalue weighted by molar-refractivity contribution is -0.143. The molecule has 4 nitrogen and oxygen atoms in total. The fraction of sp³-hybridized carbons (Fsp3) is 0.440. The number of alkyl halides is 6. The molecule has 0 unspecified atom stereocenters. The molecule has 0 spiro atoms. The van der Waals surface area contributed by atoms with Gasteiger partial charge in [0.1, 0.15) is 0 Å². The zero-order valence-electron chi connectivity index (χ0n) is 19.3. The third-order valence-corrected chi connectivity index (χ3v) is 6.44. The number of hydrogen-bond donors (Lipinski definition) is 1. The highest BCUT2D eigenvalue weighted by atomic mass is 19.4. The molecule has 2 heterocycles. The second-order valence-electron chi connectivity index (χ2n) is 8.74. The van der Waals surface area contributed by atoms with E-state index in [-0.39, 0.29) is 11.6 Å². The predicted octanol–water partition coefficient (Wildman–Crippen LogP) is 5.68. The Balaban J connectivity index is 1.65. The highest BCUT2D eigenvalue weighted by Gasteiger charge is 2.37. The summed E-state index contributed by atoms with van der Waals surface area (Å²) in [6, 6.07) is 8.94. The van der Waals surface area contributed by atoms with Crippen molar-refractivity contribution >= 4 is 10.9 Å². The van der Waals surface area contributed by atoms with Crippen molar-refractivity contribution in [3.8, 4) is 11.3 Å². The van der Waals surface area contributed by atoms with Crippen molar-refractivity contribution in [1.82, 2.24) is 14.8 Å². The lowest BCUT2D eigenvalue weighted by Gasteiger charge is -2.34. The van der Waals surface area contributed by atoms with Crippen LogP contribution in [-0.4, -0.2) is 67.8 Å². The average molecular weight is 499 g/mol. The average Bonchev–Trinajstić information content (AvgIpc) is 3.19. The molecule has 1 fully saturated rings. The Labute approximate surface area is 199 Å². The minimum Gasteiger partial charge on any atom is -0.383 e. The van der Waals surface area contributed by atoms with E-state index in [1.165, 1.54) is 0 Å². The van der Waals surface area contributed by atoms with Crippen LogP contribution in [0, 0.1) is 0 Å². The van der Waals surface area contributed by atoms with Gasteiger partial charge in [-0.05, 0) is 41.8 Å². The van der Waals surface area contributed by atoms with Crippen LogP contribution >= 0.6 is 0 Å². The fourth-order valence-corrected chi connectivity index (χ4v) is 4.53. The van der Waals surface area contributed by atoms with Crippen molar-refractivity contribution in [1.29, 1.82) is 0 Å². The second-order valence-corrected chi connectivity index (χ2v) is 8.74. The van der Waals surface area contributed by atoms with Gasteiger partial charge in [-0.3, -0.25) is 4.90 Å². The molecule has 4 rings (SSSR count). The number of H-pyrrole nitrogens is 1. The van der Waals surface area contributed by atoms with Crippen LogP contribution in [0.2, 0.25) is 0 Å². The van der Waals surface area contributed by atoms with Crippen molar-refractivity contribution < 1.29 is 31.1 Å². The molecule has 0 aliphatic carbocycles. The summed E-state index contributed by atoms with van der Waals surface area (Å²) in [6.45, 7) is 5.60. The van der Waals surface area contributed by atoms with Gasteiger partial charge in [-0.25, -0.2) is 0 Å². The van der Waals surface area contributed by atoms with E-state index in [4.69, 9.17) is 4.74 Å². The molecule has 190 valence electrons. The van der Waals surface area contributed by atoms with Crippen LogP contribution in [0.4, 0.5) is 26.3 Å². The number of methoxy groups -OCH3 is 1. The van der Waals surface area contributed by atoms with E-state index in [2.05, 4.69) is 14.8 Å². The van der Waals surface area contributed by atoms with Crippen molar-refractivity contribution in [3.63, 3.8) is 0 Å². The lowest BCUT2D eigenvalue weighted by atomic mass is 9.98. The molecule has 1 N–H and O–H groups in total. The monoisotopic (exact) mass is 499 g/mol. The van der Waals surface area contributed by atoms with Gasteiger partial charge in [0.15, 0.2) is 0 Å². The topological polar surface area (TPSA) is 31.5 Å². The van der Waals surface area contributed by atoms with Gasteiger partial charge in [0.2, 0.25) is 0 Å². The zero-order valence-corrected chi connectivity index (χ0v) is 19.3. The Morgan fingerprint density at radius 3 is 1.97 bits per heavy atom. The van der Waals surface area contributed by atoms with Crippen LogP contribution in [0.15, 0.2) is 42.5 Å². The number of para-hydroxylation sites is 1. The standard InChI is InChI=1S/C25H27F6N3O/c1-35-13-12-34-10-8-33(9-11-34)7-6-21-20-4-2-3-5-22(20)32-23(21)17-14-18(24(26,27)28)16-19(15-17)25(29,30)31/h2-5,14-16,32H,6-13H2,1H3. The molecule has 0 amide bonds. The van der Waals surface area contributed by atoms with E-state index in [0.717, 1.165) is 55.8 Å². The van der Waals surface area contributed by atoms with E-state index in [0.29, 0.717) is 30.8 Å². The molecule has 0 atom stereocenters. The van der Waals surface area contributed by atoms with E-state index in [9.17, 15) is 26.3 Å². The predicted molar refractivity (Wildman–Crippen MR) is 122 cm³/mol. The number of nitrogens with zero attached hydrogens (tertiary/aromatic N) is 2. The number of aromatic nitrogens is 1. The van der Waals surface area contributed by atoms with Gasteiger partial charge < -0.3 is 14.6 Å². The number of benzene rings is 2. The van der Waals surface area contributed by atoms with Gasteiger partial charge in [-0.1, -0.05) is 18.2 Å². The maximum Gasteiger partial charge on any atom is 0.416 e. The number of aromatic amines is 1. The van der Waals surface area contributed by atoms with E-state index in [1.54, 1.807) is 19.2 Å². The first-order chi connectivity index (χ1) is 16.6. The minimum atomic E-state index is -4.90. The molecular formula is C25H27F6N3O. The highest BCUT2D eigenvalue weighted by Crippen LogP contribution is 2.40. The van der Waals surface area contributed by atoms with Gasteiger partial charge >= 0.3 is 12.4 Å². The van der Waals surface area contributed by atoms with Gasteiger partial charge in [0.25, 0.3) is 0 Å². The zero-order chi connectivity index (χ0) is 25.2. The number of ether oxygens (including phenoxy) is 1. The number of rotatable bonds is 7. The van der Waals surface area contributed by atoms with Crippen LogP contribution in [0.25, 0.3) is 22.2 Å².